The minimum absolute atomic E-state index is 0.170. The van der Waals surface area contributed by atoms with Gasteiger partial charge in [0.05, 0.1) is 11.1 Å². The largest absolute Gasteiger partial charge is 0.384 e. The van der Waals surface area contributed by atoms with Gasteiger partial charge in [0.2, 0.25) is 0 Å². The molecule has 7 heteroatoms. The van der Waals surface area contributed by atoms with Crippen LogP contribution in [0.3, 0.4) is 0 Å². The van der Waals surface area contributed by atoms with Gasteiger partial charge in [0.25, 0.3) is 11.8 Å². The lowest BCUT2D eigenvalue weighted by molar-refractivity contribution is -0.0589. The summed E-state index contributed by atoms with van der Waals surface area (Å²) in [7, 11) is 0. The molecule has 2 aromatic rings. The zero-order chi connectivity index (χ0) is 15.7. The Labute approximate surface area is 130 Å². The Kier molecular flexibility index (Phi) is 2.22. The number of hydrogen-bond acceptors (Lipinski definition) is 5. The van der Waals surface area contributed by atoms with Gasteiger partial charge in [-0.25, -0.2) is 4.79 Å². The molecule has 2 heterocycles. The Morgan fingerprint density at radius 3 is 2.61 bits per heavy atom. The lowest BCUT2D eigenvalue weighted by atomic mass is 10.1. The molecule has 0 spiro atoms. The predicted octanol–water partition coefficient (Wildman–Crippen LogP) is 1.44. The maximum atomic E-state index is 12.3. The number of benzene rings is 1. The van der Waals surface area contributed by atoms with Crippen LogP contribution in [0.4, 0.5) is 0 Å². The zero-order valence-electron chi connectivity index (χ0n) is 11.9. The summed E-state index contributed by atoms with van der Waals surface area (Å²) in [6.45, 7) is 0. The van der Waals surface area contributed by atoms with Crippen molar-refractivity contribution < 1.29 is 19.2 Å². The third kappa shape index (κ3) is 1.59. The van der Waals surface area contributed by atoms with Gasteiger partial charge in [0, 0.05) is 17.2 Å². The van der Waals surface area contributed by atoms with Gasteiger partial charge in [-0.2, -0.15) is 5.10 Å². The molecule has 114 valence electrons. The minimum Gasteiger partial charge on any atom is -0.322 e. The second kappa shape index (κ2) is 4.07. The first-order valence-corrected chi connectivity index (χ1v) is 7.42. The lowest BCUT2D eigenvalue weighted by Gasteiger charge is -2.12. The summed E-state index contributed by atoms with van der Waals surface area (Å²) in [4.78, 5) is 41.8. The smallest absolute Gasteiger partial charge is 0.322 e. The molecule has 2 aliphatic carbocycles. The van der Waals surface area contributed by atoms with Crippen LogP contribution < -0.4 is 0 Å². The third-order valence-electron chi connectivity index (χ3n) is 4.78. The van der Waals surface area contributed by atoms with Crippen LogP contribution in [0.2, 0.25) is 0 Å². The molecular weight excluding hydrogens is 298 g/mol. The highest BCUT2D eigenvalue weighted by Gasteiger charge is 2.49. The first-order chi connectivity index (χ1) is 11.1. The summed E-state index contributed by atoms with van der Waals surface area (Å²) in [5, 5.41) is 7.41. The van der Waals surface area contributed by atoms with Crippen LogP contribution in [-0.2, 0) is 11.3 Å². The van der Waals surface area contributed by atoms with Crippen LogP contribution in [0, 0.1) is 5.92 Å². The number of aromatic amines is 1. The molecule has 5 rings (SSSR count). The number of nitrogens with zero attached hydrogens (tertiary/aromatic N) is 2. The quantitative estimate of drug-likeness (QED) is 0.847. The normalized spacial score (nSPS) is 23.6. The van der Waals surface area contributed by atoms with Gasteiger partial charge < -0.3 is 4.84 Å². The Bertz CT molecular complexity index is 865. The van der Waals surface area contributed by atoms with Crippen molar-refractivity contribution >= 4 is 17.8 Å². The van der Waals surface area contributed by atoms with Gasteiger partial charge in [-0.3, -0.25) is 14.7 Å². The summed E-state index contributed by atoms with van der Waals surface area (Å²) in [6.07, 6.45) is 1.92. The van der Waals surface area contributed by atoms with Crippen LogP contribution in [0.25, 0.3) is 0 Å². The van der Waals surface area contributed by atoms with Crippen molar-refractivity contribution in [2.45, 2.75) is 18.8 Å². The Hall–Kier alpha value is -2.96. The molecule has 1 fully saturated rings. The average molecular weight is 309 g/mol. The van der Waals surface area contributed by atoms with E-state index in [9.17, 15) is 14.4 Å². The summed E-state index contributed by atoms with van der Waals surface area (Å²) in [5.74, 6) is -0.982. The van der Waals surface area contributed by atoms with E-state index in [1.165, 1.54) is 12.1 Å². The van der Waals surface area contributed by atoms with Gasteiger partial charge in [-0.15, -0.1) is 0 Å². The minimum atomic E-state index is -0.779. The van der Waals surface area contributed by atoms with Crippen molar-refractivity contribution in [3.05, 3.63) is 52.3 Å². The predicted molar refractivity (Wildman–Crippen MR) is 75.5 cm³/mol. The van der Waals surface area contributed by atoms with Crippen molar-refractivity contribution in [1.29, 1.82) is 0 Å². The molecule has 1 aromatic heterocycles. The molecule has 3 aliphatic rings. The summed E-state index contributed by atoms with van der Waals surface area (Å²) in [5.41, 5.74) is 2.48. The van der Waals surface area contributed by atoms with Crippen LogP contribution in [-0.4, -0.2) is 33.0 Å². The molecule has 0 bridgehead atoms. The van der Waals surface area contributed by atoms with E-state index in [2.05, 4.69) is 10.2 Å². The van der Waals surface area contributed by atoms with Crippen LogP contribution in [0.1, 0.15) is 54.8 Å². The number of amides is 2. The number of H-pyrrole nitrogens is 1. The van der Waals surface area contributed by atoms with E-state index in [4.69, 9.17) is 4.84 Å². The van der Waals surface area contributed by atoms with Crippen LogP contribution in [0.15, 0.2) is 24.3 Å². The topological polar surface area (TPSA) is 92.4 Å². The fourth-order valence-corrected chi connectivity index (χ4v) is 3.53. The van der Waals surface area contributed by atoms with Crippen molar-refractivity contribution in [2.24, 2.45) is 5.92 Å². The van der Waals surface area contributed by atoms with E-state index in [-0.39, 0.29) is 16.8 Å². The number of hydrogen-bond donors (Lipinski definition) is 1. The summed E-state index contributed by atoms with van der Waals surface area (Å²) < 4.78 is 0. The van der Waals surface area contributed by atoms with Gasteiger partial charge >= 0.3 is 5.97 Å². The van der Waals surface area contributed by atoms with Gasteiger partial charge in [0.15, 0.2) is 5.69 Å². The first kappa shape index (κ1) is 12.6. The number of nitrogens with one attached hydrogen (secondary N) is 1. The van der Waals surface area contributed by atoms with Crippen molar-refractivity contribution in [3.8, 4) is 0 Å². The van der Waals surface area contributed by atoms with Crippen molar-refractivity contribution in [1.82, 2.24) is 15.3 Å². The van der Waals surface area contributed by atoms with E-state index in [1.807, 2.05) is 0 Å². The third-order valence-corrected chi connectivity index (χ3v) is 4.78. The molecule has 2 amide bonds. The Balaban J connectivity index is 1.43. The highest BCUT2D eigenvalue weighted by molar-refractivity contribution is 6.21. The fraction of sp³-hybridized carbons (Fsp3) is 0.250. The monoisotopic (exact) mass is 309 g/mol. The SMILES string of the molecule is O=C(ON1C(=O)c2ccccc2C1=O)c1n[nH]c2c1C[C@H]1C[C@@H]21. The van der Waals surface area contributed by atoms with E-state index in [0.29, 0.717) is 16.9 Å². The van der Waals surface area contributed by atoms with Crippen molar-refractivity contribution in [3.63, 3.8) is 0 Å². The number of carbonyl (C=O) groups excluding carboxylic acids is 3. The molecular formula is C16H11N3O4. The highest BCUT2D eigenvalue weighted by Crippen LogP contribution is 2.56. The molecule has 1 aromatic carbocycles. The molecule has 0 radical (unpaired) electrons. The summed E-state index contributed by atoms with van der Waals surface area (Å²) in [6, 6.07) is 6.37. The van der Waals surface area contributed by atoms with E-state index >= 15 is 0 Å². The van der Waals surface area contributed by atoms with Crippen molar-refractivity contribution in [2.75, 3.05) is 0 Å². The lowest BCUT2D eigenvalue weighted by Crippen LogP contribution is -2.33. The first-order valence-electron chi connectivity index (χ1n) is 7.42. The maximum Gasteiger partial charge on any atom is 0.384 e. The summed E-state index contributed by atoms with van der Waals surface area (Å²) >= 11 is 0. The Morgan fingerprint density at radius 1 is 1.22 bits per heavy atom. The van der Waals surface area contributed by atoms with Gasteiger partial charge in [-0.05, 0) is 30.9 Å². The number of fused-ring (bicyclic) bond motifs is 4. The van der Waals surface area contributed by atoms with Gasteiger partial charge in [-0.1, -0.05) is 17.2 Å². The molecule has 23 heavy (non-hydrogen) atoms. The number of imide groups is 1. The molecule has 0 saturated heterocycles. The Morgan fingerprint density at radius 2 is 1.91 bits per heavy atom. The second-order valence-electron chi connectivity index (χ2n) is 6.10. The number of rotatable bonds is 2. The highest BCUT2D eigenvalue weighted by atomic mass is 16.7. The molecule has 1 saturated carbocycles. The number of aromatic nitrogens is 2. The van der Waals surface area contributed by atoms with Crippen LogP contribution in [0.5, 0.6) is 0 Å². The fourth-order valence-electron chi connectivity index (χ4n) is 3.53. The van der Waals surface area contributed by atoms with Gasteiger partial charge in [0.1, 0.15) is 0 Å². The van der Waals surface area contributed by atoms with E-state index < -0.39 is 17.8 Å². The standard InChI is InChI=1S/C16H11N3O4/c20-14-8-3-1-2-4-9(8)15(21)19(14)23-16(22)13-11-6-7-5-10(7)12(11)17-18-13/h1-4,7,10H,5-6H2,(H,17,18)/t7-,10-/m1/s1. The molecule has 1 N–H and O–H groups in total. The van der Waals surface area contributed by atoms with E-state index in [1.54, 1.807) is 12.1 Å². The second-order valence-corrected chi connectivity index (χ2v) is 6.10. The van der Waals surface area contributed by atoms with E-state index in [0.717, 1.165) is 24.1 Å². The number of carbonyl (C=O) groups is 3. The number of hydroxylamine groups is 2. The molecule has 0 unspecified atom stereocenters. The maximum absolute atomic E-state index is 12.3. The molecule has 2 atom stereocenters. The average Bonchev–Trinajstić information content (AvgIpc) is 2.94. The molecule has 1 aliphatic heterocycles. The molecule has 7 nitrogen and oxygen atoms in total. The zero-order valence-corrected chi connectivity index (χ0v) is 11.9. The van der Waals surface area contributed by atoms with Crippen LogP contribution >= 0.6 is 0 Å².